The molecule has 0 spiro atoms. The van der Waals surface area contributed by atoms with Gasteiger partial charge in [-0.05, 0) is 37.1 Å². The van der Waals surface area contributed by atoms with E-state index in [0.717, 1.165) is 5.56 Å². The highest BCUT2D eigenvalue weighted by atomic mass is 19.1. The minimum Gasteiger partial charge on any atom is -0.478 e. The van der Waals surface area contributed by atoms with Gasteiger partial charge >= 0.3 is 5.97 Å². The van der Waals surface area contributed by atoms with Gasteiger partial charge in [-0.15, -0.1) is 0 Å². The Balaban J connectivity index is 2.74. The first-order valence-electron chi connectivity index (χ1n) is 5.45. The third-order valence-corrected chi connectivity index (χ3v) is 2.75. The number of hydrogen-bond acceptors (Lipinski definition) is 2. The molecule has 0 radical (unpaired) electrons. The molecule has 1 N–H and O–H groups in total. The second kappa shape index (κ2) is 4.56. The molecule has 2 rings (SSSR count). The number of nitrogens with zero attached hydrogens (tertiary/aromatic N) is 1. The smallest absolute Gasteiger partial charge is 0.336 e. The van der Waals surface area contributed by atoms with Gasteiger partial charge in [-0.3, -0.25) is 4.98 Å². The number of carboxylic acid groups (broad SMARTS) is 1. The molecule has 0 atom stereocenters. The Morgan fingerprint density at radius 3 is 2.67 bits per heavy atom. The molecule has 0 saturated heterocycles. The van der Waals surface area contributed by atoms with Gasteiger partial charge in [0.05, 0.1) is 5.56 Å². The predicted octanol–water partition coefficient (Wildman–Crippen LogP) is 3.20. The van der Waals surface area contributed by atoms with Crippen LogP contribution in [-0.2, 0) is 0 Å². The molecule has 1 aromatic heterocycles. The van der Waals surface area contributed by atoms with Crippen molar-refractivity contribution in [2.24, 2.45) is 0 Å². The third kappa shape index (κ3) is 2.09. The van der Waals surface area contributed by atoms with Crippen LogP contribution >= 0.6 is 0 Å². The minimum atomic E-state index is -1.09. The zero-order valence-corrected chi connectivity index (χ0v) is 10.1. The molecule has 0 saturated carbocycles. The number of aromatic nitrogens is 1. The highest BCUT2D eigenvalue weighted by Crippen LogP contribution is 2.29. The SMILES string of the molecule is Cc1cc(C)c(-c2cnccc2C(=O)O)c(F)c1. The summed E-state index contributed by atoms with van der Waals surface area (Å²) in [6.45, 7) is 3.55. The third-order valence-electron chi connectivity index (χ3n) is 2.75. The molecule has 3 nitrogen and oxygen atoms in total. The topological polar surface area (TPSA) is 50.2 Å². The summed E-state index contributed by atoms with van der Waals surface area (Å²) in [5, 5.41) is 9.11. The number of aromatic carboxylic acids is 1. The molecule has 0 bridgehead atoms. The van der Waals surface area contributed by atoms with Gasteiger partial charge in [-0.1, -0.05) is 6.07 Å². The maximum absolute atomic E-state index is 14.0. The van der Waals surface area contributed by atoms with Gasteiger partial charge in [0.1, 0.15) is 5.82 Å². The van der Waals surface area contributed by atoms with E-state index < -0.39 is 11.8 Å². The standard InChI is InChI=1S/C14H12FNO2/c1-8-5-9(2)13(12(15)6-8)11-7-16-4-3-10(11)14(17)18/h3-7H,1-2H3,(H,17,18). The molecule has 92 valence electrons. The second-order valence-corrected chi connectivity index (χ2v) is 4.17. The van der Waals surface area contributed by atoms with E-state index in [0.29, 0.717) is 16.7 Å². The number of hydrogen-bond donors (Lipinski definition) is 1. The fourth-order valence-electron chi connectivity index (χ4n) is 2.04. The molecule has 0 aliphatic rings. The summed E-state index contributed by atoms with van der Waals surface area (Å²) in [6, 6.07) is 4.58. The van der Waals surface area contributed by atoms with Crippen molar-refractivity contribution >= 4 is 5.97 Å². The number of carboxylic acids is 1. The summed E-state index contributed by atoms with van der Waals surface area (Å²) in [5.41, 5.74) is 2.15. The van der Waals surface area contributed by atoms with Crippen molar-refractivity contribution in [2.45, 2.75) is 13.8 Å². The maximum atomic E-state index is 14.0. The van der Waals surface area contributed by atoms with Crippen LogP contribution in [0, 0.1) is 19.7 Å². The molecular formula is C14H12FNO2. The summed E-state index contributed by atoms with van der Waals surface area (Å²) in [7, 11) is 0. The molecule has 0 aliphatic heterocycles. The number of pyridine rings is 1. The monoisotopic (exact) mass is 245 g/mol. The van der Waals surface area contributed by atoms with Crippen LogP contribution in [0.25, 0.3) is 11.1 Å². The first-order chi connectivity index (χ1) is 8.50. The molecule has 4 heteroatoms. The van der Waals surface area contributed by atoms with Crippen molar-refractivity contribution in [3.05, 3.63) is 53.1 Å². The number of aryl methyl sites for hydroxylation is 2. The quantitative estimate of drug-likeness (QED) is 0.883. The van der Waals surface area contributed by atoms with Gasteiger partial charge in [0.15, 0.2) is 0 Å². The maximum Gasteiger partial charge on any atom is 0.336 e. The van der Waals surface area contributed by atoms with Gasteiger partial charge in [0, 0.05) is 23.5 Å². The normalized spacial score (nSPS) is 10.4. The Morgan fingerprint density at radius 2 is 2.06 bits per heavy atom. The summed E-state index contributed by atoms with van der Waals surface area (Å²) < 4.78 is 14.0. The lowest BCUT2D eigenvalue weighted by atomic mass is 9.96. The summed E-state index contributed by atoms with van der Waals surface area (Å²) in [6.07, 6.45) is 2.76. The first kappa shape index (κ1) is 12.2. The Labute approximate surface area is 104 Å². The molecule has 2 aromatic rings. The van der Waals surface area contributed by atoms with Crippen molar-refractivity contribution in [1.29, 1.82) is 0 Å². The number of rotatable bonds is 2. The van der Waals surface area contributed by atoms with Crippen molar-refractivity contribution in [3.8, 4) is 11.1 Å². The van der Waals surface area contributed by atoms with E-state index in [9.17, 15) is 9.18 Å². The molecule has 1 aromatic carbocycles. The molecule has 0 unspecified atom stereocenters. The van der Waals surface area contributed by atoms with Gasteiger partial charge in [0.2, 0.25) is 0 Å². The van der Waals surface area contributed by atoms with Crippen LogP contribution in [-0.4, -0.2) is 16.1 Å². The number of halogens is 1. The van der Waals surface area contributed by atoms with E-state index in [1.807, 2.05) is 6.07 Å². The van der Waals surface area contributed by atoms with E-state index in [4.69, 9.17) is 5.11 Å². The van der Waals surface area contributed by atoms with Crippen LogP contribution < -0.4 is 0 Å². The van der Waals surface area contributed by atoms with Crippen LogP contribution in [0.3, 0.4) is 0 Å². The molecule has 0 amide bonds. The fraction of sp³-hybridized carbons (Fsp3) is 0.143. The zero-order chi connectivity index (χ0) is 13.3. The van der Waals surface area contributed by atoms with E-state index in [1.165, 1.54) is 24.5 Å². The lowest BCUT2D eigenvalue weighted by Crippen LogP contribution is -2.02. The van der Waals surface area contributed by atoms with Crippen LogP contribution in [0.5, 0.6) is 0 Å². The fourth-order valence-corrected chi connectivity index (χ4v) is 2.04. The number of benzene rings is 1. The summed E-state index contributed by atoms with van der Waals surface area (Å²) >= 11 is 0. The van der Waals surface area contributed by atoms with Crippen LogP contribution in [0.4, 0.5) is 4.39 Å². The van der Waals surface area contributed by atoms with E-state index >= 15 is 0 Å². The van der Waals surface area contributed by atoms with Gasteiger partial charge in [-0.25, -0.2) is 9.18 Å². The molecule has 18 heavy (non-hydrogen) atoms. The van der Waals surface area contributed by atoms with E-state index in [1.54, 1.807) is 13.8 Å². The first-order valence-corrected chi connectivity index (χ1v) is 5.45. The van der Waals surface area contributed by atoms with Crippen LogP contribution in [0.2, 0.25) is 0 Å². The lowest BCUT2D eigenvalue weighted by molar-refractivity contribution is 0.0697. The van der Waals surface area contributed by atoms with Crippen molar-refractivity contribution in [2.75, 3.05) is 0 Å². The largest absolute Gasteiger partial charge is 0.478 e. The van der Waals surface area contributed by atoms with Crippen molar-refractivity contribution in [3.63, 3.8) is 0 Å². The lowest BCUT2D eigenvalue weighted by Gasteiger charge is -2.11. The van der Waals surface area contributed by atoms with Crippen molar-refractivity contribution in [1.82, 2.24) is 4.98 Å². The Hall–Kier alpha value is -2.23. The Bertz CT molecular complexity index is 600. The van der Waals surface area contributed by atoms with Gasteiger partial charge < -0.3 is 5.11 Å². The summed E-state index contributed by atoms with van der Waals surface area (Å²) in [5.74, 6) is -1.52. The molecular weight excluding hydrogens is 233 g/mol. The van der Waals surface area contributed by atoms with Crippen LogP contribution in [0.15, 0.2) is 30.6 Å². The molecule has 1 heterocycles. The predicted molar refractivity (Wildman–Crippen MR) is 66.1 cm³/mol. The number of carbonyl (C=O) groups is 1. The van der Waals surface area contributed by atoms with E-state index in [2.05, 4.69) is 4.98 Å². The molecule has 0 aliphatic carbocycles. The van der Waals surface area contributed by atoms with Gasteiger partial charge in [-0.2, -0.15) is 0 Å². The highest BCUT2D eigenvalue weighted by molar-refractivity contribution is 5.96. The highest BCUT2D eigenvalue weighted by Gasteiger charge is 2.16. The van der Waals surface area contributed by atoms with Gasteiger partial charge in [0.25, 0.3) is 0 Å². The Kier molecular flexibility index (Phi) is 3.10. The minimum absolute atomic E-state index is 0.0517. The average Bonchev–Trinajstić information content (AvgIpc) is 2.28. The zero-order valence-electron chi connectivity index (χ0n) is 10.1. The van der Waals surface area contributed by atoms with Crippen LogP contribution in [0.1, 0.15) is 21.5 Å². The molecule has 0 fully saturated rings. The van der Waals surface area contributed by atoms with Crippen molar-refractivity contribution < 1.29 is 14.3 Å². The summed E-state index contributed by atoms with van der Waals surface area (Å²) in [4.78, 5) is 15.0. The average molecular weight is 245 g/mol. The Morgan fingerprint density at radius 1 is 1.33 bits per heavy atom. The second-order valence-electron chi connectivity index (χ2n) is 4.17. The van der Waals surface area contributed by atoms with E-state index in [-0.39, 0.29) is 5.56 Å².